The van der Waals surface area contributed by atoms with E-state index >= 15 is 0 Å². The van der Waals surface area contributed by atoms with Crippen LogP contribution in [0.15, 0.2) is 30.3 Å². The minimum atomic E-state index is -1.07. The molecule has 1 unspecified atom stereocenters. The van der Waals surface area contributed by atoms with Crippen LogP contribution in [0, 0.1) is 18.7 Å². The molecule has 2 heterocycles. The van der Waals surface area contributed by atoms with E-state index in [-0.39, 0.29) is 24.9 Å². The molecule has 8 nitrogen and oxygen atoms in total. The third-order valence-electron chi connectivity index (χ3n) is 6.94. The molecule has 37 heavy (non-hydrogen) atoms. The summed E-state index contributed by atoms with van der Waals surface area (Å²) in [5.41, 5.74) is 2.98. The third-order valence-corrected chi connectivity index (χ3v) is 6.94. The van der Waals surface area contributed by atoms with Gasteiger partial charge in [-0.1, -0.05) is 26.0 Å². The summed E-state index contributed by atoms with van der Waals surface area (Å²) in [6, 6.07) is 6.90. The lowest BCUT2D eigenvalue weighted by Crippen LogP contribution is -2.46. The van der Waals surface area contributed by atoms with Gasteiger partial charge >= 0.3 is 13.1 Å². The summed E-state index contributed by atoms with van der Waals surface area (Å²) in [7, 11) is -1.07. The van der Waals surface area contributed by atoms with E-state index in [2.05, 4.69) is 10.2 Å². The zero-order valence-electron chi connectivity index (χ0n) is 21.6. The van der Waals surface area contributed by atoms with Crippen LogP contribution in [0.2, 0.25) is 0 Å². The van der Waals surface area contributed by atoms with Crippen molar-refractivity contribution in [2.45, 2.75) is 52.9 Å². The van der Waals surface area contributed by atoms with Gasteiger partial charge in [-0.2, -0.15) is 0 Å². The molecule has 0 aromatic heterocycles. The maximum atomic E-state index is 14.2. The van der Waals surface area contributed by atoms with Gasteiger partial charge in [-0.05, 0) is 79.1 Å². The monoisotopic (exact) mass is 512 g/mol. The summed E-state index contributed by atoms with van der Waals surface area (Å²) < 4.78 is 30.6. The second-order valence-electron chi connectivity index (χ2n) is 9.94. The molecule has 0 radical (unpaired) electrons. The summed E-state index contributed by atoms with van der Waals surface area (Å²) in [5, 5.41) is 12.8. The Morgan fingerprint density at radius 3 is 2.70 bits per heavy atom. The zero-order valence-corrected chi connectivity index (χ0v) is 21.6. The van der Waals surface area contributed by atoms with Crippen LogP contribution in [-0.4, -0.2) is 61.2 Å². The summed E-state index contributed by atoms with van der Waals surface area (Å²) in [5.74, 6) is -1.61. The highest BCUT2D eigenvalue weighted by molar-refractivity contribution is 6.62. The molecule has 2 aliphatic heterocycles. The Kier molecular flexibility index (Phi) is 8.84. The summed E-state index contributed by atoms with van der Waals surface area (Å²) >= 11 is 0. The molecule has 0 saturated carbocycles. The predicted octanol–water partition coefficient (Wildman–Crippen LogP) is 2.32. The number of hydrogen-bond donors (Lipinski definition) is 2. The Morgan fingerprint density at radius 2 is 1.97 bits per heavy atom. The van der Waals surface area contributed by atoms with Crippen LogP contribution in [-0.2, 0) is 27.4 Å². The first kappa shape index (κ1) is 27.1. The van der Waals surface area contributed by atoms with Gasteiger partial charge in [0.05, 0.1) is 6.61 Å². The van der Waals surface area contributed by atoms with Crippen molar-refractivity contribution in [3.63, 3.8) is 0 Å². The number of benzene rings is 2. The van der Waals surface area contributed by atoms with Crippen LogP contribution >= 0.6 is 0 Å². The van der Waals surface area contributed by atoms with E-state index < -0.39 is 30.9 Å². The van der Waals surface area contributed by atoms with E-state index in [1.165, 1.54) is 25.0 Å². The lowest BCUT2D eigenvalue weighted by molar-refractivity contribution is -0.148. The van der Waals surface area contributed by atoms with Crippen molar-refractivity contribution in [1.82, 2.24) is 10.2 Å². The lowest BCUT2D eigenvalue weighted by Gasteiger charge is -2.22. The normalized spacial score (nSPS) is 16.1. The smallest absolute Gasteiger partial charge is 0.489 e. The van der Waals surface area contributed by atoms with Gasteiger partial charge in [0.25, 0.3) is 5.91 Å². The number of ether oxygens (including phenoxy) is 2. The van der Waals surface area contributed by atoms with Gasteiger partial charge in [-0.15, -0.1) is 0 Å². The minimum Gasteiger partial charge on any atom is -0.489 e. The van der Waals surface area contributed by atoms with Crippen LogP contribution in [0.5, 0.6) is 5.75 Å². The molecular weight excluding hydrogens is 478 g/mol. The number of nitrogens with zero attached hydrogens (tertiary/aromatic N) is 1. The molecule has 2 aliphatic rings. The fourth-order valence-corrected chi connectivity index (χ4v) is 4.75. The van der Waals surface area contributed by atoms with Gasteiger partial charge in [0.15, 0.2) is 11.6 Å². The third kappa shape index (κ3) is 6.50. The molecule has 4 rings (SSSR count). The molecule has 0 aliphatic carbocycles. The Bertz CT molecular complexity index is 1140. The van der Waals surface area contributed by atoms with Gasteiger partial charge in [0.2, 0.25) is 0 Å². The molecule has 1 saturated heterocycles. The average Bonchev–Trinajstić information content (AvgIpc) is 3.52. The van der Waals surface area contributed by atoms with E-state index in [0.717, 1.165) is 25.2 Å². The Hall–Kier alpha value is -2.95. The summed E-state index contributed by atoms with van der Waals surface area (Å²) in [6.45, 7) is 8.77. The molecule has 1 atom stereocenters. The molecule has 2 N–H and O–H groups in total. The molecule has 1 amide bonds. The zero-order chi connectivity index (χ0) is 26.5. The predicted molar refractivity (Wildman–Crippen MR) is 137 cm³/mol. The number of hydrogen-bond acceptors (Lipinski definition) is 7. The standard InChI is InChI=1S/C27H34BFN2O6/c1-17(2)25(30-26(32)21-8-7-20-16-37-28(34)24(20)18(21)3)27(33)36-15-19-6-9-22(29)23(14-19)35-13-12-31-10-4-5-11-31/h6-9,14,17,25,34H,4-5,10-13,15-16H2,1-3H3,(H,30,32). The quantitative estimate of drug-likeness (QED) is 0.373. The summed E-state index contributed by atoms with van der Waals surface area (Å²) in [6.07, 6.45) is 2.36. The van der Waals surface area contributed by atoms with Gasteiger partial charge in [-0.3, -0.25) is 9.69 Å². The van der Waals surface area contributed by atoms with E-state index in [1.807, 2.05) is 13.8 Å². The van der Waals surface area contributed by atoms with E-state index in [9.17, 15) is 19.0 Å². The van der Waals surface area contributed by atoms with Crippen LogP contribution in [0.25, 0.3) is 0 Å². The van der Waals surface area contributed by atoms with Crippen molar-refractivity contribution in [3.05, 3.63) is 58.4 Å². The maximum Gasteiger partial charge on any atom is 0.492 e. The number of carbonyl (C=O) groups is 2. The fourth-order valence-electron chi connectivity index (χ4n) is 4.75. The lowest BCUT2D eigenvalue weighted by atomic mass is 9.75. The van der Waals surface area contributed by atoms with Crippen molar-refractivity contribution >= 4 is 24.5 Å². The molecule has 198 valence electrons. The SMILES string of the molecule is Cc1c(C(=O)NC(C(=O)OCc2ccc(F)c(OCCN3CCCC3)c2)C(C)C)ccc2c1B(O)OC2. The first-order valence-corrected chi connectivity index (χ1v) is 12.8. The molecule has 10 heteroatoms. The highest BCUT2D eigenvalue weighted by Crippen LogP contribution is 2.21. The van der Waals surface area contributed by atoms with Crippen molar-refractivity contribution in [1.29, 1.82) is 0 Å². The van der Waals surface area contributed by atoms with Crippen molar-refractivity contribution in [3.8, 4) is 5.75 Å². The highest BCUT2D eigenvalue weighted by atomic mass is 19.1. The second kappa shape index (κ2) is 12.1. The van der Waals surface area contributed by atoms with Crippen LogP contribution in [0.4, 0.5) is 4.39 Å². The van der Waals surface area contributed by atoms with E-state index in [1.54, 1.807) is 25.1 Å². The number of amides is 1. The number of carbonyl (C=O) groups excluding carboxylic acids is 2. The van der Waals surface area contributed by atoms with Gasteiger partial charge in [0.1, 0.15) is 19.3 Å². The van der Waals surface area contributed by atoms with Gasteiger partial charge in [0, 0.05) is 12.1 Å². The number of fused-ring (bicyclic) bond motifs is 1. The van der Waals surface area contributed by atoms with Crippen LogP contribution in [0.1, 0.15) is 53.7 Å². The molecule has 0 bridgehead atoms. The topological polar surface area (TPSA) is 97.3 Å². The Morgan fingerprint density at radius 1 is 1.22 bits per heavy atom. The average molecular weight is 512 g/mol. The largest absolute Gasteiger partial charge is 0.492 e. The van der Waals surface area contributed by atoms with Crippen molar-refractivity contribution < 1.29 is 33.1 Å². The van der Waals surface area contributed by atoms with Crippen molar-refractivity contribution in [2.24, 2.45) is 5.92 Å². The first-order chi connectivity index (χ1) is 17.7. The van der Waals surface area contributed by atoms with E-state index in [0.29, 0.717) is 28.8 Å². The second-order valence-corrected chi connectivity index (χ2v) is 9.94. The fraction of sp³-hybridized carbons (Fsp3) is 0.481. The summed E-state index contributed by atoms with van der Waals surface area (Å²) in [4.78, 5) is 28.2. The van der Waals surface area contributed by atoms with E-state index in [4.69, 9.17) is 14.1 Å². The molecule has 2 aromatic carbocycles. The first-order valence-electron chi connectivity index (χ1n) is 12.8. The number of rotatable bonds is 10. The number of halogens is 1. The Labute approximate surface area is 217 Å². The molecular formula is C27H34BFN2O6. The number of likely N-dealkylation sites (tertiary alicyclic amines) is 1. The molecule has 0 spiro atoms. The Balaban J connectivity index is 1.35. The number of nitrogens with one attached hydrogen (secondary N) is 1. The molecule has 2 aromatic rings. The van der Waals surface area contributed by atoms with Crippen LogP contribution in [0.3, 0.4) is 0 Å². The van der Waals surface area contributed by atoms with Crippen LogP contribution < -0.4 is 15.5 Å². The van der Waals surface area contributed by atoms with Crippen molar-refractivity contribution in [2.75, 3.05) is 26.2 Å². The maximum absolute atomic E-state index is 14.2. The highest BCUT2D eigenvalue weighted by Gasteiger charge is 2.32. The molecule has 1 fully saturated rings. The number of esters is 1. The minimum absolute atomic E-state index is 0.0813. The van der Waals surface area contributed by atoms with Gasteiger partial charge < -0.3 is 24.5 Å². The van der Waals surface area contributed by atoms with Gasteiger partial charge in [-0.25, -0.2) is 9.18 Å².